The molecule has 6 nitrogen and oxygen atoms in total. The van der Waals surface area contributed by atoms with Crippen LogP contribution in [0.4, 0.5) is 0 Å². The van der Waals surface area contributed by atoms with Crippen molar-refractivity contribution in [2.45, 2.75) is 12.8 Å². The highest BCUT2D eigenvalue weighted by atomic mass is 32.1. The largest absolute Gasteiger partial charge is 0.395 e. The van der Waals surface area contributed by atoms with Crippen molar-refractivity contribution in [3.63, 3.8) is 0 Å². The highest BCUT2D eigenvalue weighted by Gasteiger charge is 2.21. The van der Waals surface area contributed by atoms with Crippen molar-refractivity contribution in [3.8, 4) is 0 Å². The average Bonchev–Trinajstić information content (AvgIpc) is 3.21. The molecule has 0 spiro atoms. The zero-order valence-corrected chi connectivity index (χ0v) is 17.8. The number of aliphatic hydroxyl groups excluding tert-OH is 1. The van der Waals surface area contributed by atoms with Gasteiger partial charge in [-0.1, -0.05) is 60.7 Å². The van der Waals surface area contributed by atoms with Gasteiger partial charge in [-0.3, -0.25) is 14.0 Å². The molecule has 0 bridgehead atoms. The van der Waals surface area contributed by atoms with E-state index < -0.39 is 5.91 Å². The van der Waals surface area contributed by atoms with Crippen LogP contribution in [0.15, 0.2) is 77.9 Å². The zero-order chi connectivity index (χ0) is 21.6. The Morgan fingerprint density at radius 1 is 1.00 bits per heavy atom. The Labute approximate surface area is 184 Å². The van der Waals surface area contributed by atoms with Gasteiger partial charge in [0.25, 0.3) is 11.5 Å². The Balaban J connectivity index is 1.57. The number of carbonyl (C=O) groups excluding carboxylic acids is 1. The summed E-state index contributed by atoms with van der Waals surface area (Å²) in [6.45, 7) is 0.405. The van der Waals surface area contributed by atoms with E-state index >= 15 is 0 Å². The van der Waals surface area contributed by atoms with Gasteiger partial charge in [0, 0.05) is 36.8 Å². The van der Waals surface area contributed by atoms with Crippen LogP contribution in [0.25, 0.3) is 4.96 Å². The summed E-state index contributed by atoms with van der Waals surface area (Å²) < 4.78 is 1.45. The molecule has 31 heavy (non-hydrogen) atoms. The molecule has 0 aliphatic carbocycles. The predicted molar refractivity (Wildman–Crippen MR) is 122 cm³/mol. The van der Waals surface area contributed by atoms with Crippen LogP contribution in [-0.4, -0.2) is 45.0 Å². The van der Waals surface area contributed by atoms with Crippen LogP contribution < -0.4 is 5.56 Å². The van der Waals surface area contributed by atoms with Crippen LogP contribution in [0.5, 0.6) is 0 Å². The van der Waals surface area contributed by atoms with Crippen LogP contribution >= 0.6 is 11.3 Å². The van der Waals surface area contributed by atoms with E-state index in [-0.39, 0.29) is 24.3 Å². The highest BCUT2D eigenvalue weighted by Crippen LogP contribution is 2.18. The Morgan fingerprint density at radius 3 is 2.35 bits per heavy atom. The van der Waals surface area contributed by atoms with Gasteiger partial charge in [0.15, 0.2) is 4.96 Å². The molecular weight excluding hydrogens is 410 g/mol. The number of hydrogen-bond donors (Lipinski definition) is 1. The van der Waals surface area contributed by atoms with E-state index in [1.807, 2.05) is 60.7 Å². The molecule has 0 aliphatic heterocycles. The molecule has 1 amide bonds. The van der Waals surface area contributed by atoms with E-state index in [0.29, 0.717) is 24.3 Å². The fourth-order valence-corrected chi connectivity index (χ4v) is 4.44. The number of nitrogens with zero attached hydrogens (tertiary/aromatic N) is 3. The van der Waals surface area contributed by atoms with Crippen LogP contribution in [0, 0.1) is 0 Å². The number of hydrogen-bond acceptors (Lipinski definition) is 5. The van der Waals surface area contributed by atoms with Crippen molar-refractivity contribution in [3.05, 3.63) is 105 Å². The number of amides is 1. The summed E-state index contributed by atoms with van der Waals surface area (Å²) in [5.41, 5.74) is 1.87. The van der Waals surface area contributed by atoms with Gasteiger partial charge in [0.05, 0.1) is 6.61 Å². The van der Waals surface area contributed by atoms with Gasteiger partial charge < -0.3 is 10.0 Å². The van der Waals surface area contributed by atoms with E-state index in [1.54, 1.807) is 6.20 Å². The van der Waals surface area contributed by atoms with Gasteiger partial charge in [-0.2, -0.15) is 0 Å². The van der Waals surface area contributed by atoms with Crippen molar-refractivity contribution in [1.82, 2.24) is 14.3 Å². The number of thiazole rings is 1. The molecule has 2 aromatic heterocycles. The highest BCUT2D eigenvalue weighted by molar-refractivity contribution is 7.17. The summed E-state index contributed by atoms with van der Waals surface area (Å²) in [4.78, 5) is 33.5. The monoisotopic (exact) mass is 433 g/mol. The molecule has 0 saturated heterocycles. The van der Waals surface area contributed by atoms with E-state index in [1.165, 1.54) is 26.8 Å². The maximum atomic E-state index is 13.1. The van der Waals surface area contributed by atoms with Crippen LogP contribution in [0.1, 0.15) is 26.4 Å². The molecule has 2 heterocycles. The van der Waals surface area contributed by atoms with E-state index in [9.17, 15) is 14.7 Å². The molecule has 4 aromatic rings. The van der Waals surface area contributed by atoms with Gasteiger partial charge in [0.2, 0.25) is 0 Å². The normalized spacial score (nSPS) is 11.0. The molecule has 7 heteroatoms. The lowest BCUT2D eigenvalue weighted by atomic mass is 10.1. The number of rotatable bonds is 8. The summed E-state index contributed by atoms with van der Waals surface area (Å²) >= 11 is 1.44. The van der Waals surface area contributed by atoms with Crippen molar-refractivity contribution < 1.29 is 9.90 Å². The summed E-state index contributed by atoms with van der Waals surface area (Å²) in [5, 5.41) is 9.42. The van der Waals surface area contributed by atoms with Gasteiger partial charge in [0.1, 0.15) is 5.56 Å². The number of carbonyl (C=O) groups is 1. The Morgan fingerprint density at radius 2 is 1.68 bits per heavy atom. The first kappa shape index (κ1) is 21.0. The van der Waals surface area contributed by atoms with Crippen LogP contribution in [-0.2, 0) is 12.8 Å². The summed E-state index contributed by atoms with van der Waals surface area (Å²) in [6.07, 6.45) is 4.46. The van der Waals surface area contributed by atoms with E-state index in [4.69, 9.17) is 0 Å². The third-order valence-corrected chi connectivity index (χ3v) is 6.07. The second kappa shape index (κ2) is 9.68. The van der Waals surface area contributed by atoms with Gasteiger partial charge >= 0.3 is 0 Å². The SMILES string of the molecule is O=C(c1cnc2sc(Cc3ccccc3)cn2c1=O)N(CCO)CCc1ccccc1. The van der Waals surface area contributed by atoms with Crippen molar-refractivity contribution >= 4 is 22.2 Å². The Hall–Kier alpha value is -3.29. The minimum Gasteiger partial charge on any atom is -0.395 e. The van der Waals surface area contributed by atoms with Crippen molar-refractivity contribution in [2.24, 2.45) is 0 Å². The van der Waals surface area contributed by atoms with E-state index in [0.717, 1.165) is 16.0 Å². The second-order valence-electron chi connectivity index (χ2n) is 7.24. The first-order chi connectivity index (χ1) is 15.2. The first-order valence-corrected chi connectivity index (χ1v) is 11.0. The molecule has 0 radical (unpaired) electrons. The molecule has 2 aromatic carbocycles. The Kier molecular flexibility index (Phi) is 6.54. The molecule has 4 rings (SSSR count). The predicted octanol–water partition coefficient (Wildman–Crippen LogP) is 3.02. The van der Waals surface area contributed by atoms with Gasteiger partial charge in [-0.15, -0.1) is 11.3 Å². The fourth-order valence-electron chi connectivity index (χ4n) is 3.47. The molecule has 1 N–H and O–H groups in total. The lowest BCUT2D eigenvalue weighted by Crippen LogP contribution is -2.38. The van der Waals surface area contributed by atoms with Gasteiger partial charge in [-0.25, -0.2) is 4.98 Å². The number of aromatic nitrogens is 2. The maximum absolute atomic E-state index is 13.1. The zero-order valence-electron chi connectivity index (χ0n) is 17.0. The quantitative estimate of drug-likeness (QED) is 0.464. The smallest absolute Gasteiger partial charge is 0.271 e. The standard InChI is InChI=1S/C24H23N3O3S/c28-14-13-26(12-11-18-7-3-1-4-8-18)22(29)21-16-25-24-27(23(21)30)17-20(31-24)15-19-9-5-2-6-10-19/h1-10,16-17,28H,11-15H2. The number of fused-ring (bicyclic) bond motifs is 1. The number of benzene rings is 2. The summed E-state index contributed by atoms with van der Waals surface area (Å²) in [5.74, 6) is -0.410. The average molecular weight is 434 g/mol. The third kappa shape index (κ3) is 4.90. The minimum atomic E-state index is -0.410. The molecule has 0 fully saturated rings. The molecule has 0 aliphatic rings. The fraction of sp³-hybridized carbons (Fsp3) is 0.208. The lowest BCUT2D eigenvalue weighted by Gasteiger charge is -2.21. The van der Waals surface area contributed by atoms with Crippen molar-refractivity contribution in [1.29, 1.82) is 0 Å². The first-order valence-electron chi connectivity index (χ1n) is 10.1. The van der Waals surface area contributed by atoms with Gasteiger partial charge in [-0.05, 0) is 17.5 Å². The topological polar surface area (TPSA) is 74.9 Å². The van der Waals surface area contributed by atoms with Crippen molar-refractivity contribution in [2.75, 3.05) is 19.7 Å². The molecule has 158 valence electrons. The lowest BCUT2D eigenvalue weighted by molar-refractivity contribution is 0.0721. The second-order valence-corrected chi connectivity index (χ2v) is 8.33. The van der Waals surface area contributed by atoms with Crippen LogP contribution in [0.3, 0.4) is 0 Å². The Bertz CT molecular complexity index is 1220. The molecule has 0 unspecified atom stereocenters. The number of aliphatic hydroxyl groups is 1. The molecule has 0 atom stereocenters. The molecule has 0 saturated carbocycles. The summed E-state index contributed by atoms with van der Waals surface area (Å²) in [6, 6.07) is 19.8. The minimum absolute atomic E-state index is 0.0167. The maximum Gasteiger partial charge on any atom is 0.271 e. The third-order valence-electron chi connectivity index (χ3n) is 5.08. The summed E-state index contributed by atoms with van der Waals surface area (Å²) in [7, 11) is 0. The molecular formula is C24H23N3O3S. The van der Waals surface area contributed by atoms with E-state index in [2.05, 4.69) is 4.98 Å². The van der Waals surface area contributed by atoms with Crippen LogP contribution in [0.2, 0.25) is 0 Å².